The van der Waals surface area contributed by atoms with Crippen molar-refractivity contribution in [1.29, 1.82) is 0 Å². The Balaban J connectivity index is 2.07. The van der Waals surface area contributed by atoms with Gasteiger partial charge >= 0.3 is 0 Å². The van der Waals surface area contributed by atoms with Gasteiger partial charge in [-0.3, -0.25) is 0 Å². The van der Waals surface area contributed by atoms with Crippen molar-refractivity contribution in [2.75, 3.05) is 20.2 Å². The molecule has 1 heterocycles. The van der Waals surface area contributed by atoms with Gasteiger partial charge in [0.05, 0.1) is 11.6 Å². The van der Waals surface area contributed by atoms with E-state index in [1.807, 2.05) is 18.2 Å². The maximum atomic E-state index is 5.84. The Morgan fingerprint density at radius 3 is 2.93 bits per heavy atom. The second kappa shape index (κ2) is 4.86. The fourth-order valence-electron chi connectivity index (χ4n) is 1.61. The van der Waals surface area contributed by atoms with Gasteiger partial charge in [-0.2, -0.15) is 0 Å². The smallest absolute Gasteiger partial charge is 0.134 e. The van der Waals surface area contributed by atoms with Gasteiger partial charge in [0.1, 0.15) is 17.6 Å². The van der Waals surface area contributed by atoms with E-state index in [1.165, 1.54) is 0 Å². The van der Waals surface area contributed by atoms with E-state index in [0.29, 0.717) is 0 Å². The quantitative estimate of drug-likeness (QED) is 0.915. The van der Waals surface area contributed by atoms with Crippen molar-refractivity contribution >= 4 is 15.9 Å². The van der Waals surface area contributed by atoms with Crippen LogP contribution in [0.4, 0.5) is 0 Å². The van der Waals surface area contributed by atoms with Crippen molar-refractivity contribution < 1.29 is 9.47 Å². The van der Waals surface area contributed by atoms with Gasteiger partial charge in [0.2, 0.25) is 0 Å². The minimum Gasteiger partial charge on any atom is -0.497 e. The summed E-state index contributed by atoms with van der Waals surface area (Å²) in [7, 11) is 1.66. The molecule has 4 heteroatoms. The Morgan fingerprint density at radius 1 is 1.47 bits per heavy atom. The minimum absolute atomic E-state index is 0.287. The Bertz CT molecular complexity index is 337. The fraction of sp³-hybridized carbons (Fsp3) is 0.455. The highest BCUT2D eigenvalue weighted by atomic mass is 79.9. The number of methoxy groups -OCH3 is 1. The Morgan fingerprint density at radius 2 is 2.33 bits per heavy atom. The van der Waals surface area contributed by atoms with Crippen molar-refractivity contribution in [3.05, 3.63) is 22.7 Å². The van der Waals surface area contributed by atoms with Crippen molar-refractivity contribution in [3.63, 3.8) is 0 Å². The summed E-state index contributed by atoms with van der Waals surface area (Å²) in [5, 5.41) is 3.27. The van der Waals surface area contributed by atoms with Gasteiger partial charge < -0.3 is 14.8 Å². The molecule has 82 valence electrons. The van der Waals surface area contributed by atoms with Crippen LogP contribution in [0, 0.1) is 0 Å². The normalized spacial score (nSPS) is 20.3. The lowest BCUT2D eigenvalue weighted by Crippen LogP contribution is -2.19. The second-order valence-electron chi connectivity index (χ2n) is 3.53. The van der Waals surface area contributed by atoms with Crippen LogP contribution in [-0.4, -0.2) is 26.3 Å². The molecule has 1 unspecified atom stereocenters. The molecule has 0 bridgehead atoms. The van der Waals surface area contributed by atoms with Crippen LogP contribution in [0.25, 0.3) is 0 Å². The molecule has 2 rings (SSSR count). The van der Waals surface area contributed by atoms with Crippen LogP contribution in [0.3, 0.4) is 0 Å². The van der Waals surface area contributed by atoms with Crippen LogP contribution in [0.15, 0.2) is 22.7 Å². The molecule has 1 fully saturated rings. The molecule has 1 N–H and O–H groups in total. The maximum absolute atomic E-state index is 5.84. The first-order chi connectivity index (χ1) is 7.29. The molecule has 1 atom stereocenters. The van der Waals surface area contributed by atoms with E-state index in [2.05, 4.69) is 21.2 Å². The summed E-state index contributed by atoms with van der Waals surface area (Å²) in [6.07, 6.45) is 1.35. The molecule has 1 aliphatic rings. The molecule has 0 aromatic heterocycles. The lowest BCUT2D eigenvalue weighted by molar-refractivity contribution is 0.221. The third-order valence-corrected chi connectivity index (χ3v) is 3.07. The van der Waals surface area contributed by atoms with Crippen LogP contribution in [-0.2, 0) is 0 Å². The Labute approximate surface area is 97.9 Å². The summed E-state index contributed by atoms with van der Waals surface area (Å²) >= 11 is 3.47. The van der Waals surface area contributed by atoms with Gasteiger partial charge in [-0.25, -0.2) is 0 Å². The van der Waals surface area contributed by atoms with Crippen LogP contribution >= 0.6 is 15.9 Å². The molecular weight excluding hydrogens is 258 g/mol. The molecule has 15 heavy (non-hydrogen) atoms. The van der Waals surface area contributed by atoms with Crippen molar-refractivity contribution in [3.8, 4) is 11.5 Å². The molecule has 0 amide bonds. The molecule has 0 aliphatic carbocycles. The van der Waals surface area contributed by atoms with E-state index >= 15 is 0 Å². The number of nitrogens with one attached hydrogen (secondary N) is 1. The van der Waals surface area contributed by atoms with Crippen LogP contribution in [0.5, 0.6) is 11.5 Å². The average Bonchev–Trinajstić information content (AvgIpc) is 2.74. The molecule has 3 nitrogen and oxygen atoms in total. The minimum atomic E-state index is 0.287. The molecule has 1 aromatic carbocycles. The largest absolute Gasteiger partial charge is 0.497 e. The summed E-state index contributed by atoms with van der Waals surface area (Å²) in [6, 6.07) is 5.75. The van der Waals surface area contributed by atoms with E-state index in [0.717, 1.165) is 35.5 Å². The predicted molar refractivity (Wildman–Crippen MR) is 62.6 cm³/mol. The zero-order valence-corrected chi connectivity index (χ0v) is 10.2. The molecular formula is C11H14BrNO2. The third kappa shape index (κ3) is 2.63. The summed E-state index contributed by atoms with van der Waals surface area (Å²) in [4.78, 5) is 0. The highest BCUT2D eigenvalue weighted by molar-refractivity contribution is 9.10. The molecule has 1 saturated heterocycles. The fourth-order valence-corrected chi connectivity index (χ4v) is 2.06. The topological polar surface area (TPSA) is 30.5 Å². The van der Waals surface area contributed by atoms with Crippen molar-refractivity contribution in [2.45, 2.75) is 12.5 Å². The van der Waals surface area contributed by atoms with Gasteiger partial charge in [0, 0.05) is 6.54 Å². The zero-order valence-electron chi connectivity index (χ0n) is 8.63. The first kappa shape index (κ1) is 10.8. The number of ether oxygens (including phenoxy) is 2. The first-order valence-electron chi connectivity index (χ1n) is 5.00. The summed E-state index contributed by atoms with van der Waals surface area (Å²) in [6.45, 7) is 1.97. The van der Waals surface area contributed by atoms with Crippen LogP contribution in [0.2, 0.25) is 0 Å². The van der Waals surface area contributed by atoms with Gasteiger partial charge in [-0.05, 0) is 47.1 Å². The molecule has 0 saturated carbocycles. The average molecular weight is 272 g/mol. The number of hydrogen-bond acceptors (Lipinski definition) is 3. The zero-order chi connectivity index (χ0) is 10.7. The maximum Gasteiger partial charge on any atom is 0.134 e. The summed E-state index contributed by atoms with van der Waals surface area (Å²) in [5.74, 6) is 1.71. The second-order valence-corrected chi connectivity index (χ2v) is 4.38. The summed E-state index contributed by atoms with van der Waals surface area (Å²) in [5.41, 5.74) is 0. The standard InChI is InChI=1S/C11H14BrNO2/c1-14-8-2-3-11(10(12)6-8)15-9-4-5-13-7-9/h2-3,6,9,13H,4-5,7H2,1H3. The van der Waals surface area contributed by atoms with Crippen molar-refractivity contribution in [2.24, 2.45) is 0 Å². The van der Waals surface area contributed by atoms with Gasteiger partial charge in [0.15, 0.2) is 0 Å². The summed E-state index contributed by atoms with van der Waals surface area (Å²) < 4.78 is 11.9. The molecule has 1 aromatic rings. The van der Waals surface area contributed by atoms with Crippen LogP contribution < -0.4 is 14.8 Å². The van der Waals surface area contributed by atoms with Crippen molar-refractivity contribution in [1.82, 2.24) is 5.32 Å². The van der Waals surface area contributed by atoms with E-state index in [1.54, 1.807) is 7.11 Å². The van der Waals surface area contributed by atoms with E-state index in [-0.39, 0.29) is 6.10 Å². The molecule has 0 spiro atoms. The molecule has 1 aliphatic heterocycles. The lowest BCUT2D eigenvalue weighted by atomic mass is 10.3. The molecule has 0 radical (unpaired) electrons. The van der Waals surface area contributed by atoms with E-state index in [4.69, 9.17) is 9.47 Å². The van der Waals surface area contributed by atoms with Crippen LogP contribution in [0.1, 0.15) is 6.42 Å². The number of halogens is 1. The predicted octanol–water partition coefficient (Wildman–Crippen LogP) is 2.20. The Hall–Kier alpha value is -0.740. The van der Waals surface area contributed by atoms with Gasteiger partial charge in [0.25, 0.3) is 0 Å². The third-order valence-electron chi connectivity index (χ3n) is 2.45. The monoisotopic (exact) mass is 271 g/mol. The van der Waals surface area contributed by atoms with Gasteiger partial charge in [-0.1, -0.05) is 0 Å². The van der Waals surface area contributed by atoms with E-state index < -0.39 is 0 Å². The van der Waals surface area contributed by atoms with E-state index in [9.17, 15) is 0 Å². The highest BCUT2D eigenvalue weighted by Crippen LogP contribution is 2.30. The van der Waals surface area contributed by atoms with Gasteiger partial charge in [-0.15, -0.1) is 0 Å². The SMILES string of the molecule is COc1ccc(OC2CCNC2)c(Br)c1. The lowest BCUT2D eigenvalue weighted by Gasteiger charge is -2.14. The Kier molecular flexibility index (Phi) is 3.49. The number of benzene rings is 1. The number of rotatable bonds is 3. The first-order valence-corrected chi connectivity index (χ1v) is 5.80. The highest BCUT2D eigenvalue weighted by Gasteiger charge is 2.17. The number of hydrogen-bond donors (Lipinski definition) is 1.